The van der Waals surface area contributed by atoms with Gasteiger partial charge in [-0.25, -0.2) is 0 Å². The van der Waals surface area contributed by atoms with Crippen LogP contribution < -0.4 is 5.32 Å². The maximum Gasteiger partial charge on any atom is 0.0810 e. The van der Waals surface area contributed by atoms with Crippen molar-refractivity contribution in [1.29, 1.82) is 0 Å². The molecule has 2 aliphatic rings. The summed E-state index contributed by atoms with van der Waals surface area (Å²) in [5, 5.41) is 3.52. The van der Waals surface area contributed by atoms with Crippen molar-refractivity contribution in [2.45, 2.75) is 77.4 Å². The minimum atomic E-state index is 0.164. The van der Waals surface area contributed by atoms with Gasteiger partial charge in [-0.2, -0.15) is 0 Å². The van der Waals surface area contributed by atoms with E-state index in [0.717, 1.165) is 24.9 Å². The molecule has 2 nitrogen and oxygen atoms in total. The highest BCUT2D eigenvalue weighted by molar-refractivity contribution is 4.90. The van der Waals surface area contributed by atoms with Crippen LogP contribution in [0.2, 0.25) is 0 Å². The van der Waals surface area contributed by atoms with Gasteiger partial charge in [-0.15, -0.1) is 0 Å². The molecule has 2 rings (SSSR count). The third-order valence-corrected chi connectivity index (χ3v) is 4.76. The molecule has 2 heteroatoms. The lowest BCUT2D eigenvalue weighted by atomic mass is 9.81. The summed E-state index contributed by atoms with van der Waals surface area (Å²) < 4.78 is 6.62. The van der Waals surface area contributed by atoms with Crippen LogP contribution in [0.5, 0.6) is 0 Å². The van der Waals surface area contributed by atoms with Crippen molar-refractivity contribution in [3.05, 3.63) is 0 Å². The number of hydrogen-bond acceptors (Lipinski definition) is 2. The summed E-state index contributed by atoms with van der Waals surface area (Å²) in [5.74, 6) is 1.69. The van der Waals surface area contributed by atoms with Crippen LogP contribution in [0, 0.1) is 11.8 Å². The van der Waals surface area contributed by atoms with Gasteiger partial charge >= 0.3 is 0 Å². The van der Waals surface area contributed by atoms with Gasteiger partial charge in [-0.3, -0.25) is 0 Å². The van der Waals surface area contributed by atoms with Gasteiger partial charge in [-0.05, 0) is 50.5 Å². The Morgan fingerprint density at radius 2 is 1.67 bits per heavy atom. The molecule has 2 atom stereocenters. The fraction of sp³-hybridized carbons (Fsp3) is 1.00. The average Bonchev–Trinajstić information content (AvgIpc) is 2.74. The molecule has 106 valence electrons. The summed E-state index contributed by atoms with van der Waals surface area (Å²) in [6, 6.07) is 0. The molecular formula is C16H31NO. The highest BCUT2D eigenvalue weighted by Crippen LogP contribution is 2.38. The molecule has 0 saturated heterocycles. The van der Waals surface area contributed by atoms with Crippen molar-refractivity contribution in [2.75, 3.05) is 13.1 Å². The molecule has 0 radical (unpaired) electrons. The van der Waals surface area contributed by atoms with Crippen LogP contribution in [0.25, 0.3) is 0 Å². The summed E-state index contributed by atoms with van der Waals surface area (Å²) in [6.07, 6.45) is 9.68. The second-order valence-corrected chi connectivity index (χ2v) is 6.83. The topological polar surface area (TPSA) is 21.3 Å². The minimum absolute atomic E-state index is 0.164. The van der Waals surface area contributed by atoms with Gasteiger partial charge in [-0.1, -0.05) is 33.6 Å². The standard InChI is InChI=1S/C16H31NO/c1-4-17-12-16(7-5-6-8-16)18-15-10-13(2)9-14(3)11-15/h13-15,17H,4-12H2,1-3H3. The van der Waals surface area contributed by atoms with Gasteiger partial charge < -0.3 is 10.1 Å². The zero-order valence-corrected chi connectivity index (χ0v) is 12.5. The Morgan fingerprint density at radius 1 is 1.06 bits per heavy atom. The first-order valence-corrected chi connectivity index (χ1v) is 8.02. The van der Waals surface area contributed by atoms with Crippen LogP contribution in [0.1, 0.15) is 65.7 Å². The van der Waals surface area contributed by atoms with Gasteiger partial charge in [0.15, 0.2) is 0 Å². The lowest BCUT2D eigenvalue weighted by molar-refractivity contribution is -0.112. The first-order valence-electron chi connectivity index (χ1n) is 8.02. The fourth-order valence-corrected chi connectivity index (χ4v) is 4.03. The predicted molar refractivity (Wildman–Crippen MR) is 76.8 cm³/mol. The number of hydrogen-bond donors (Lipinski definition) is 1. The molecule has 0 amide bonds. The van der Waals surface area contributed by atoms with E-state index < -0.39 is 0 Å². The Balaban J connectivity index is 1.91. The smallest absolute Gasteiger partial charge is 0.0810 e. The summed E-state index contributed by atoms with van der Waals surface area (Å²) >= 11 is 0. The van der Waals surface area contributed by atoms with E-state index in [0.29, 0.717) is 6.10 Å². The van der Waals surface area contributed by atoms with Crippen LogP contribution in [0.4, 0.5) is 0 Å². The van der Waals surface area contributed by atoms with E-state index in [1.165, 1.54) is 44.9 Å². The molecule has 2 unspecified atom stereocenters. The minimum Gasteiger partial charge on any atom is -0.370 e. The van der Waals surface area contributed by atoms with Crippen molar-refractivity contribution in [1.82, 2.24) is 5.32 Å². The van der Waals surface area contributed by atoms with Gasteiger partial charge in [0, 0.05) is 6.54 Å². The molecule has 0 spiro atoms. The summed E-state index contributed by atoms with van der Waals surface area (Å²) in [4.78, 5) is 0. The van der Waals surface area contributed by atoms with E-state index >= 15 is 0 Å². The van der Waals surface area contributed by atoms with Crippen LogP contribution in [0.3, 0.4) is 0 Å². The number of nitrogens with one attached hydrogen (secondary N) is 1. The summed E-state index contributed by atoms with van der Waals surface area (Å²) in [6.45, 7) is 9.08. The van der Waals surface area contributed by atoms with Gasteiger partial charge in [0.25, 0.3) is 0 Å². The van der Waals surface area contributed by atoms with Crippen LogP contribution >= 0.6 is 0 Å². The SMILES string of the molecule is CCNCC1(OC2CC(C)CC(C)C2)CCCC1. The Labute approximate surface area is 113 Å². The van der Waals surface area contributed by atoms with Crippen molar-refractivity contribution in [3.8, 4) is 0 Å². The highest BCUT2D eigenvalue weighted by atomic mass is 16.5. The Morgan fingerprint density at radius 3 is 2.22 bits per heavy atom. The Kier molecular flexibility index (Phi) is 5.08. The van der Waals surface area contributed by atoms with Crippen molar-refractivity contribution < 1.29 is 4.74 Å². The number of ether oxygens (including phenoxy) is 1. The molecule has 18 heavy (non-hydrogen) atoms. The first-order chi connectivity index (χ1) is 8.63. The number of rotatable bonds is 5. The Hall–Kier alpha value is -0.0800. The molecule has 2 fully saturated rings. The van der Waals surface area contributed by atoms with Crippen LogP contribution in [0.15, 0.2) is 0 Å². The summed E-state index contributed by atoms with van der Waals surface area (Å²) in [5.41, 5.74) is 0.164. The van der Waals surface area contributed by atoms with Gasteiger partial charge in [0.05, 0.1) is 11.7 Å². The quantitative estimate of drug-likeness (QED) is 0.805. The molecule has 2 aliphatic carbocycles. The molecule has 0 aliphatic heterocycles. The largest absolute Gasteiger partial charge is 0.370 e. The summed E-state index contributed by atoms with van der Waals surface area (Å²) in [7, 11) is 0. The van der Waals surface area contributed by atoms with E-state index in [9.17, 15) is 0 Å². The van der Waals surface area contributed by atoms with E-state index in [4.69, 9.17) is 4.74 Å². The normalized spacial score (nSPS) is 35.8. The highest BCUT2D eigenvalue weighted by Gasteiger charge is 2.38. The maximum absolute atomic E-state index is 6.62. The fourth-order valence-electron chi connectivity index (χ4n) is 4.03. The second-order valence-electron chi connectivity index (χ2n) is 6.83. The molecule has 2 saturated carbocycles. The van der Waals surface area contributed by atoms with E-state index in [1.54, 1.807) is 0 Å². The molecule has 0 heterocycles. The molecule has 0 aromatic rings. The lowest BCUT2D eigenvalue weighted by Crippen LogP contribution is -2.45. The molecule has 0 bridgehead atoms. The average molecular weight is 253 g/mol. The second kappa shape index (κ2) is 6.38. The van der Waals surface area contributed by atoms with E-state index in [1.807, 2.05) is 0 Å². The molecule has 0 aromatic carbocycles. The zero-order chi connectivity index (χ0) is 13.0. The molecule has 1 N–H and O–H groups in total. The third-order valence-electron chi connectivity index (χ3n) is 4.76. The molecular weight excluding hydrogens is 222 g/mol. The van der Waals surface area contributed by atoms with E-state index in [-0.39, 0.29) is 5.60 Å². The van der Waals surface area contributed by atoms with Crippen molar-refractivity contribution >= 4 is 0 Å². The van der Waals surface area contributed by atoms with Gasteiger partial charge in [0.1, 0.15) is 0 Å². The maximum atomic E-state index is 6.62. The third kappa shape index (κ3) is 3.71. The van der Waals surface area contributed by atoms with E-state index in [2.05, 4.69) is 26.1 Å². The van der Waals surface area contributed by atoms with Crippen LogP contribution in [-0.4, -0.2) is 24.8 Å². The zero-order valence-electron chi connectivity index (χ0n) is 12.5. The predicted octanol–water partition coefficient (Wildman–Crippen LogP) is 3.75. The van der Waals surface area contributed by atoms with Crippen molar-refractivity contribution in [3.63, 3.8) is 0 Å². The monoisotopic (exact) mass is 253 g/mol. The van der Waals surface area contributed by atoms with Crippen molar-refractivity contribution in [2.24, 2.45) is 11.8 Å². The van der Waals surface area contributed by atoms with Crippen LogP contribution in [-0.2, 0) is 4.74 Å². The lowest BCUT2D eigenvalue weighted by Gasteiger charge is -2.39. The van der Waals surface area contributed by atoms with Gasteiger partial charge in [0.2, 0.25) is 0 Å². The Bertz CT molecular complexity index is 237. The molecule has 0 aromatic heterocycles. The number of likely N-dealkylation sites (N-methyl/N-ethyl adjacent to an activating group) is 1. The first kappa shape index (κ1) is 14.3.